The number of carbonyl (C=O) groups is 2. The lowest BCUT2D eigenvalue weighted by atomic mass is 10.1. The minimum Gasteiger partial charge on any atom is -0.497 e. The second-order valence-corrected chi connectivity index (χ2v) is 6.08. The molecule has 0 radical (unpaired) electrons. The van der Waals surface area contributed by atoms with Crippen molar-refractivity contribution in [2.45, 2.75) is 26.3 Å². The molecule has 2 rings (SSSR count). The monoisotopic (exact) mass is 356 g/mol. The molecule has 0 fully saturated rings. The summed E-state index contributed by atoms with van der Waals surface area (Å²) < 4.78 is 10.5. The normalized spacial score (nSPS) is 10.3. The second-order valence-electron chi connectivity index (χ2n) is 6.08. The average molecular weight is 356 g/mol. The largest absolute Gasteiger partial charge is 0.497 e. The van der Waals surface area contributed by atoms with Gasteiger partial charge in [-0.15, -0.1) is 0 Å². The van der Waals surface area contributed by atoms with Crippen LogP contribution in [0.5, 0.6) is 11.5 Å². The van der Waals surface area contributed by atoms with Crippen molar-refractivity contribution < 1.29 is 19.1 Å². The Labute approximate surface area is 153 Å². The minimum absolute atomic E-state index is 0.00676. The van der Waals surface area contributed by atoms with Gasteiger partial charge in [0.25, 0.3) is 5.91 Å². The van der Waals surface area contributed by atoms with Crippen LogP contribution in [-0.2, 0) is 11.2 Å². The lowest BCUT2D eigenvalue weighted by molar-refractivity contribution is -0.115. The van der Waals surface area contributed by atoms with Crippen LogP contribution in [0.4, 0.5) is 5.69 Å². The third kappa shape index (κ3) is 4.99. The van der Waals surface area contributed by atoms with Gasteiger partial charge in [-0.2, -0.15) is 0 Å². The standard InChI is InChI=1S/C20H24N2O4/c1-13(2)21-20(24)16-7-5-6-8-17(16)22-19(23)12-14-11-15(25-3)9-10-18(14)26-4/h5-11,13H,12H2,1-4H3,(H,21,24)(H,22,23). The van der Waals surface area contributed by atoms with E-state index >= 15 is 0 Å². The molecule has 0 atom stereocenters. The van der Waals surface area contributed by atoms with Crippen molar-refractivity contribution in [1.82, 2.24) is 5.32 Å². The third-order valence-electron chi connectivity index (χ3n) is 3.70. The van der Waals surface area contributed by atoms with E-state index in [9.17, 15) is 9.59 Å². The molecule has 0 saturated carbocycles. The molecule has 6 heteroatoms. The maximum Gasteiger partial charge on any atom is 0.253 e. The van der Waals surface area contributed by atoms with Gasteiger partial charge in [-0.05, 0) is 44.2 Å². The first-order valence-corrected chi connectivity index (χ1v) is 8.35. The molecule has 26 heavy (non-hydrogen) atoms. The third-order valence-corrected chi connectivity index (χ3v) is 3.70. The molecule has 138 valence electrons. The van der Waals surface area contributed by atoms with Crippen LogP contribution in [0, 0.1) is 0 Å². The fraction of sp³-hybridized carbons (Fsp3) is 0.300. The molecule has 2 aromatic carbocycles. The summed E-state index contributed by atoms with van der Waals surface area (Å²) in [6.45, 7) is 3.77. The number of hydrogen-bond acceptors (Lipinski definition) is 4. The summed E-state index contributed by atoms with van der Waals surface area (Å²) in [5, 5.41) is 5.63. The highest BCUT2D eigenvalue weighted by Gasteiger charge is 2.15. The topological polar surface area (TPSA) is 76.7 Å². The van der Waals surface area contributed by atoms with Gasteiger partial charge in [0.05, 0.1) is 31.9 Å². The van der Waals surface area contributed by atoms with Crippen molar-refractivity contribution in [2.75, 3.05) is 19.5 Å². The number of nitrogens with one attached hydrogen (secondary N) is 2. The van der Waals surface area contributed by atoms with Crippen molar-refractivity contribution in [3.05, 3.63) is 53.6 Å². The average Bonchev–Trinajstić information content (AvgIpc) is 2.61. The zero-order chi connectivity index (χ0) is 19.1. The van der Waals surface area contributed by atoms with Crippen molar-refractivity contribution in [2.24, 2.45) is 0 Å². The predicted molar refractivity (Wildman–Crippen MR) is 101 cm³/mol. The quantitative estimate of drug-likeness (QED) is 0.799. The predicted octanol–water partition coefficient (Wildman–Crippen LogP) is 3.02. The van der Waals surface area contributed by atoms with E-state index in [0.29, 0.717) is 28.3 Å². The van der Waals surface area contributed by atoms with E-state index in [4.69, 9.17) is 9.47 Å². The van der Waals surface area contributed by atoms with Crippen LogP contribution in [-0.4, -0.2) is 32.1 Å². The van der Waals surface area contributed by atoms with Gasteiger partial charge in [-0.1, -0.05) is 12.1 Å². The van der Waals surface area contributed by atoms with Crippen LogP contribution in [0.1, 0.15) is 29.8 Å². The molecule has 0 aromatic heterocycles. The molecule has 6 nitrogen and oxygen atoms in total. The Morgan fingerprint density at radius 2 is 1.77 bits per heavy atom. The zero-order valence-corrected chi connectivity index (χ0v) is 15.5. The second kappa shape index (κ2) is 8.89. The number of anilines is 1. The van der Waals surface area contributed by atoms with Gasteiger partial charge in [0.15, 0.2) is 0 Å². The zero-order valence-electron chi connectivity index (χ0n) is 15.5. The van der Waals surface area contributed by atoms with Gasteiger partial charge in [0.1, 0.15) is 11.5 Å². The molecule has 0 aliphatic heterocycles. The van der Waals surface area contributed by atoms with Gasteiger partial charge in [0.2, 0.25) is 5.91 Å². The molecule has 2 amide bonds. The van der Waals surface area contributed by atoms with Crippen LogP contribution >= 0.6 is 0 Å². The number of hydrogen-bond donors (Lipinski definition) is 2. The fourth-order valence-corrected chi connectivity index (χ4v) is 2.52. The lowest BCUT2D eigenvalue weighted by Crippen LogP contribution is -2.31. The summed E-state index contributed by atoms with van der Waals surface area (Å²) >= 11 is 0. The molecule has 0 aliphatic carbocycles. The van der Waals surface area contributed by atoms with E-state index in [1.165, 1.54) is 0 Å². The Kier molecular flexibility index (Phi) is 6.60. The van der Waals surface area contributed by atoms with Crippen molar-refractivity contribution in [3.8, 4) is 11.5 Å². The number of carbonyl (C=O) groups excluding carboxylic acids is 2. The number of amides is 2. The van der Waals surface area contributed by atoms with E-state index in [0.717, 1.165) is 0 Å². The number of benzene rings is 2. The van der Waals surface area contributed by atoms with Crippen LogP contribution in [0.25, 0.3) is 0 Å². The van der Waals surface area contributed by atoms with Crippen LogP contribution in [0.3, 0.4) is 0 Å². The molecule has 0 bridgehead atoms. The molecule has 2 N–H and O–H groups in total. The van der Waals surface area contributed by atoms with Gasteiger partial charge in [-0.25, -0.2) is 0 Å². The highest BCUT2D eigenvalue weighted by molar-refractivity contribution is 6.04. The summed E-state index contributed by atoms with van der Waals surface area (Å²) in [6.07, 6.45) is 0.0977. The molecule has 0 unspecified atom stereocenters. The van der Waals surface area contributed by atoms with Crippen molar-refractivity contribution in [3.63, 3.8) is 0 Å². The van der Waals surface area contributed by atoms with E-state index < -0.39 is 0 Å². The Bertz CT molecular complexity index is 787. The Hall–Kier alpha value is -3.02. The molecular weight excluding hydrogens is 332 g/mol. The number of rotatable bonds is 7. The van der Waals surface area contributed by atoms with Crippen LogP contribution in [0.15, 0.2) is 42.5 Å². The van der Waals surface area contributed by atoms with Gasteiger partial charge in [0, 0.05) is 11.6 Å². The first-order valence-electron chi connectivity index (χ1n) is 8.35. The maximum atomic E-state index is 12.5. The molecular formula is C20H24N2O4. The molecule has 0 aliphatic rings. The highest BCUT2D eigenvalue weighted by Crippen LogP contribution is 2.25. The van der Waals surface area contributed by atoms with Gasteiger partial charge < -0.3 is 20.1 Å². The smallest absolute Gasteiger partial charge is 0.253 e. The summed E-state index contributed by atoms with van der Waals surface area (Å²) in [5.41, 5.74) is 1.60. The Balaban J connectivity index is 2.17. The number of ether oxygens (including phenoxy) is 2. The summed E-state index contributed by atoms with van der Waals surface area (Å²) in [5.74, 6) is 0.772. The summed E-state index contributed by atoms with van der Waals surface area (Å²) in [4.78, 5) is 24.8. The van der Waals surface area contributed by atoms with Crippen LogP contribution < -0.4 is 20.1 Å². The Morgan fingerprint density at radius 1 is 1.04 bits per heavy atom. The number of para-hydroxylation sites is 1. The highest BCUT2D eigenvalue weighted by atomic mass is 16.5. The van der Waals surface area contributed by atoms with E-state index in [1.807, 2.05) is 13.8 Å². The molecule has 2 aromatic rings. The van der Waals surface area contributed by atoms with Crippen molar-refractivity contribution in [1.29, 1.82) is 0 Å². The van der Waals surface area contributed by atoms with Crippen LogP contribution in [0.2, 0.25) is 0 Å². The minimum atomic E-state index is -0.249. The Morgan fingerprint density at radius 3 is 2.42 bits per heavy atom. The first-order chi connectivity index (χ1) is 12.4. The maximum absolute atomic E-state index is 12.5. The number of methoxy groups -OCH3 is 2. The molecule has 0 spiro atoms. The summed E-state index contributed by atoms with van der Waals surface area (Å²) in [7, 11) is 3.12. The molecule has 0 saturated heterocycles. The molecule has 0 heterocycles. The van der Waals surface area contributed by atoms with E-state index in [2.05, 4.69) is 10.6 Å². The van der Waals surface area contributed by atoms with E-state index in [-0.39, 0.29) is 24.3 Å². The first kappa shape index (κ1) is 19.3. The summed E-state index contributed by atoms with van der Waals surface area (Å²) in [6, 6.07) is 12.2. The van der Waals surface area contributed by atoms with Gasteiger partial charge >= 0.3 is 0 Å². The van der Waals surface area contributed by atoms with E-state index in [1.54, 1.807) is 56.7 Å². The lowest BCUT2D eigenvalue weighted by Gasteiger charge is -2.14. The van der Waals surface area contributed by atoms with Crippen molar-refractivity contribution >= 4 is 17.5 Å². The van der Waals surface area contributed by atoms with Gasteiger partial charge in [-0.3, -0.25) is 9.59 Å². The fourth-order valence-electron chi connectivity index (χ4n) is 2.52. The SMILES string of the molecule is COc1ccc(OC)c(CC(=O)Nc2ccccc2C(=O)NC(C)C)c1.